The Morgan fingerprint density at radius 2 is 1.63 bits per heavy atom. The van der Waals surface area contributed by atoms with E-state index in [1.807, 2.05) is 0 Å². The van der Waals surface area contributed by atoms with E-state index in [9.17, 15) is 0 Å². The minimum atomic E-state index is 0.447. The number of nitrogens with one attached hydrogen (secondary N) is 1. The topological polar surface area (TPSA) is 12.0 Å². The van der Waals surface area contributed by atoms with Gasteiger partial charge in [0.25, 0.3) is 0 Å². The summed E-state index contributed by atoms with van der Waals surface area (Å²) >= 11 is 2.37. The highest BCUT2D eigenvalue weighted by Crippen LogP contribution is 2.69. The Morgan fingerprint density at radius 1 is 1.11 bits per heavy atom. The van der Waals surface area contributed by atoms with E-state index in [2.05, 4.69) is 86.8 Å². The number of rotatable bonds is 5. The summed E-state index contributed by atoms with van der Waals surface area (Å²) in [7, 11) is 0. The molecule has 1 unspecified atom stereocenters. The van der Waals surface area contributed by atoms with E-state index in [1.54, 1.807) is 0 Å². The maximum Gasteiger partial charge on any atom is 0.0146 e. The van der Waals surface area contributed by atoms with Gasteiger partial charge in [0.1, 0.15) is 0 Å². The molecule has 0 amide bonds. The quantitative estimate of drug-likeness (QED) is 0.752. The van der Waals surface area contributed by atoms with Crippen molar-refractivity contribution in [2.24, 2.45) is 16.7 Å². The fraction of sp³-hybridized carbons (Fsp3) is 0.647. The second-order valence-corrected chi connectivity index (χ2v) is 8.16. The molecule has 0 spiro atoms. The van der Waals surface area contributed by atoms with Crippen LogP contribution in [0.3, 0.4) is 0 Å². The Labute approximate surface area is 131 Å². The van der Waals surface area contributed by atoms with Crippen molar-refractivity contribution in [2.75, 3.05) is 6.54 Å². The minimum Gasteiger partial charge on any atom is -0.314 e. The van der Waals surface area contributed by atoms with Gasteiger partial charge in [0.05, 0.1) is 0 Å². The number of likely N-dealkylation sites (N-methyl/N-ethyl adjacent to an activating group) is 1. The third-order valence-electron chi connectivity index (χ3n) is 5.37. The van der Waals surface area contributed by atoms with Crippen molar-refractivity contribution < 1.29 is 0 Å². The Hall–Kier alpha value is -0.0900. The molecule has 19 heavy (non-hydrogen) atoms. The van der Waals surface area contributed by atoms with Gasteiger partial charge in [-0.25, -0.2) is 0 Å². The van der Waals surface area contributed by atoms with Crippen LogP contribution < -0.4 is 5.32 Å². The van der Waals surface area contributed by atoms with Crippen LogP contribution in [0.4, 0.5) is 0 Å². The molecule has 1 aliphatic rings. The average molecular weight is 371 g/mol. The van der Waals surface area contributed by atoms with Gasteiger partial charge in [-0.2, -0.15) is 0 Å². The van der Waals surface area contributed by atoms with Gasteiger partial charge in [-0.05, 0) is 70.0 Å². The molecule has 0 aliphatic heterocycles. The third-order valence-corrected chi connectivity index (χ3v) is 6.09. The summed E-state index contributed by atoms with van der Waals surface area (Å²) in [6, 6.07) is 9.56. The van der Waals surface area contributed by atoms with Gasteiger partial charge >= 0.3 is 0 Å². The van der Waals surface area contributed by atoms with Crippen LogP contribution in [0, 0.1) is 20.3 Å². The van der Waals surface area contributed by atoms with Crippen molar-refractivity contribution in [3.8, 4) is 0 Å². The van der Waals surface area contributed by atoms with Crippen molar-refractivity contribution in [1.82, 2.24) is 5.32 Å². The molecule has 2 heteroatoms. The van der Waals surface area contributed by atoms with Crippen molar-refractivity contribution in [3.63, 3.8) is 0 Å². The number of halogens is 1. The van der Waals surface area contributed by atoms with E-state index in [1.165, 1.54) is 9.13 Å². The van der Waals surface area contributed by atoms with Crippen LogP contribution >= 0.6 is 22.6 Å². The van der Waals surface area contributed by atoms with Crippen molar-refractivity contribution in [1.29, 1.82) is 0 Å². The minimum absolute atomic E-state index is 0.447. The maximum absolute atomic E-state index is 3.72. The first-order valence-electron chi connectivity index (χ1n) is 7.28. The molecule has 0 heterocycles. The monoisotopic (exact) mass is 371 g/mol. The van der Waals surface area contributed by atoms with Crippen LogP contribution in [0.2, 0.25) is 0 Å². The lowest BCUT2D eigenvalue weighted by atomic mass is 9.97. The van der Waals surface area contributed by atoms with Crippen LogP contribution in [0.15, 0.2) is 24.3 Å². The zero-order valence-corrected chi connectivity index (χ0v) is 14.9. The highest BCUT2D eigenvalue weighted by Gasteiger charge is 2.66. The van der Waals surface area contributed by atoms with Crippen LogP contribution in [0.25, 0.3) is 0 Å². The van der Waals surface area contributed by atoms with Crippen LogP contribution in [-0.4, -0.2) is 12.6 Å². The highest BCUT2D eigenvalue weighted by molar-refractivity contribution is 14.1. The molecule has 1 atom stereocenters. The fourth-order valence-electron chi connectivity index (χ4n) is 3.70. The fourth-order valence-corrected chi connectivity index (χ4v) is 4.06. The summed E-state index contributed by atoms with van der Waals surface area (Å²) in [4.78, 5) is 0. The molecule has 1 aromatic rings. The molecule has 1 saturated carbocycles. The Bertz CT molecular complexity index is 419. The smallest absolute Gasteiger partial charge is 0.0146 e. The highest BCUT2D eigenvalue weighted by atomic mass is 127. The first-order valence-corrected chi connectivity index (χ1v) is 8.36. The van der Waals surface area contributed by atoms with E-state index >= 15 is 0 Å². The van der Waals surface area contributed by atoms with Crippen LogP contribution in [0.1, 0.15) is 40.2 Å². The van der Waals surface area contributed by atoms with E-state index in [0.717, 1.165) is 18.9 Å². The number of hydrogen-bond acceptors (Lipinski definition) is 1. The number of benzene rings is 1. The van der Waals surface area contributed by atoms with Crippen molar-refractivity contribution >= 4 is 22.6 Å². The zero-order chi connectivity index (χ0) is 14.3. The van der Waals surface area contributed by atoms with E-state index in [0.29, 0.717) is 16.9 Å². The summed E-state index contributed by atoms with van der Waals surface area (Å²) in [5.41, 5.74) is 2.34. The van der Waals surface area contributed by atoms with E-state index in [4.69, 9.17) is 0 Å². The summed E-state index contributed by atoms with van der Waals surface area (Å²) in [5.74, 6) is 0.763. The van der Waals surface area contributed by atoms with Gasteiger partial charge in [0.2, 0.25) is 0 Å². The molecule has 1 aliphatic carbocycles. The summed E-state index contributed by atoms with van der Waals surface area (Å²) in [6.45, 7) is 12.9. The normalized spacial score (nSPS) is 22.2. The number of hydrogen-bond donors (Lipinski definition) is 1. The SMILES string of the molecule is CCNC(Cc1ccc(I)cc1)C1C(C)(C)C1(C)C. The molecule has 106 valence electrons. The molecule has 2 rings (SSSR count). The molecule has 1 N–H and O–H groups in total. The van der Waals surface area contributed by atoms with E-state index in [-0.39, 0.29) is 0 Å². The first-order chi connectivity index (χ1) is 8.80. The molecule has 0 bridgehead atoms. The zero-order valence-electron chi connectivity index (χ0n) is 12.8. The standard InChI is InChI=1S/C17H26IN/c1-6-19-14(15-16(2,3)17(15,4)5)11-12-7-9-13(18)10-8-12/h7-10,14-15,19H,6,11H2,1-5H3. The molecule has 1 nitrogen and oxygen atoms in total. The third kappa shape index (κ3) is 2.85. The second-order valence-electron chi connectivity index (χ2n) is 6.92. The predicted molar refractivity (Wildman–Crippen MR) is 91.4 cm³/mol. The molecule has 1 aromatic carbocycles. The molecule has 0 radical (unpaired) electrons. The van der Waals surface area contributed by atoms with Gasteiger partial charge in [0, 0.05) is 9.61 Å². The lowest BCUT2D eigenvalue weighted by Gasteiger charge is -2.20. The largest absolute Gasteiger partial charge is 0.314 e. The summed E-state index contributed by atoms with van der Waals surface area (Å²) in [6.07, 6.45) is 1.14. The van der Waals surface area contributed by atoms with Crippen LogP contribution in [-0.2, 0) is 6.42 Å². The molecule has 1 fully saturated rings. The van der Waals surface area contributed by atoms with E-state index < -0.39 is 0 Å². The Morgan fingerprint density at radius 3 is 2.05 bits per heavy atom. The molecule has 0 saturated heterocycles. The maximum atomic E-state index is 3.72. The van der Waals surface area contributed by atoms with Gasteiger partial charge < -0.3 is 5.32 Å². The van der Waals surface area contributed by atoms with Gasteiger partial charge in [-0.3, -0.25) is 0 Å². The summed E-state index contributed by atoms with van der Waals surface area (Å²) in [5, 5.41) is 3.72. The van der Waals surface area contributed by atoms with Gasteiger partial charge in [0.15, 0.2) is 0 Å². The van der Waals surface area contributed by atoms with Crippen molar-refractivity contribution in [2.45, 2.75) is 47.1 Å². The Kier molecular flexibility index (Phi) is 4.32. The second kappa shape index (κ2) is 5.36. The average Bonchev–Trinajstić information content (AvgIpc) is 2.72. The van der Waals surface area contributed by atoms with Gasteiger partial charge in [-0.15, -0.1) is 0 Å². The summed E-state index contributed by atoms with van der Waals surface area (Å²) < 4.78 is 1.31. The molecular weight excluding hydrogens is 345 g/mol. The lowest BCUT2D eigenvalue weighted by molar-refractivity contribution is 0.403. The predicted octanol–water partition coefficient (Wildman–Crippen LogP) is 4.49. The lowest BCUT2D eigenvalue weighted by Crippen LogP contribution is -2.35. The molecular formula is C17H26IN. The van der Waals surface area contributed by atoms with Crippen LogP contribution in [0.5, 0.6) is 0 Å². The van der Waals surface area contributed by atoms with Gasteiger partial charge in [-0.1, -0.05) is 46.8 Å². The van der Waals surface area contributed by atoms with Crippen molar-refractivity contribution in [3.05, 3.63) is 33.4 Å². The first kappa shape index (κ1) is 15.3. The Balaban J connectivity index is 2.12. The molecule has 0 aromatic heterocycles.